The molecule has 0 atom stereocenters. The van der Waals surface area contributed by atoms with Gasteiger partial charge in [-0.2, -0.15) is 4.39 Å². The number of benzene rings is 1. The maximum atomic E-state index is 12.8. The van der Waals surface area contributed by atoms with Gasteiger partial charge in [-0.25, -0.2) is 4.98 Å². The first-order valence-electron chi connectivity index (χ1n) is 4.90. The maximum absolute atomic E-state index is 12.8. The van der Waals surface area contributed by atoms with Crippen molar-refractivity contribution in [2.45, 2.75) is 13.3 Å². The molecule has 2 heteroatoms. The summed E-state index contributed by atoms with van der Waals surface area (Å²) in [5.41, 5.74) is 3.37. The van der Waals surface area contributed by atoms with Crippen LogP contribution in [0.15, 0.2) is 42.6 Å². The Hall–Kier alpha value is -1.70. The fraction of sp³-hybridized carbons (Fsp3) is 0.154. The van der Waals surface area contributed by atoms with Gasteiger partial charge < -0.3 is 0 Å². The van der Waals surface area contributed by atoms with Gasteiger partial charge in [-0.05, 0) is 36.6 Å². The second-order valence-electron chi connectivity index (χ2n) is 3.65. The zero-order chi connectivity index (χ0) is 10.7. The highest BCUT2D eigenvalue weighted by molar-refractivity contribution is 5.27. The lowest BCUT2D eigenvalue weighted by Gasteiger charge is -2.02. The van der Waals surface area contributed by atoms with Crippen molar-refractivity contribution in [2.75, 3.05) is 0 Å². The van der Waals surface area contributed by atoms with E-state index in [4.69, 9.17) is 0 Å². The number of aryl methyl sites for hydroxylation is 1. The van der Waals surface area contributed by atoms with Gasteiger partial charge in [0, 0.05) is 6.20 Å². The Morgan fingerprint density at radius 3 is 2.47 bits per heavy atom. The lowest BCUT2D eigenvalue weighted by Crippen LogP contribution is -1.90. The molecule has 0 saturated heterocycles. The standard InChI is InChI=1S/C13H12FN/c1-10-2-4-11(5-3-10)8-12-6-7-15-13(14)9-12/h2-7,9H,8H2,1H3. The molecule has 2 rings (SSSR count). The molecular formula is C13H12FN. The smallest absolute Gasteiger partial charge is 0.213 e. The highest BCUT2D eigenvalue weighted by atomic mass is 19.1. The molecule has 0 fully saturated rings. The summed E-state index contributed by atoms with van der Waals surface area (Å²) in [5.74, 6) is -0.417. The Morgan fingerprint density at radius 1 is 1.07 bits per heavy atom. The van der Waals surface area contributed by atoms with Gasteiger partial charge in [-0.3, -0.25) is 0 Å². The predicted molar refractivity (Wildman–Crippen MR) is 58.2 cm³/mol. The van der Waals surface area contributed by atoms with Crippen molar-refractivity contribution in [3.8, 4) is 0 Å². The summed E-state index contributed by atoms with van der Waals surface area (Å²) in [6.45, 7) is 2.05. The van der Waals surface area contributed by atoms with Crippen molar-refractivity contribution in [3.63, 3.8) is 0 Å². The molecular weight excluding hydrogens is 189 g/mol. The van der Waals surface area contributed by atoms with E-state index in [1.807, 2.05) is 6.07 Å². The summed E-state index contributed by atoms with van der Waals surface area (Å²) >= 11 is 0. The lowest BCUT2D eigenvalue weighted by molar-refractivity contribution is 0.582. The van der Waals surface area contributed by atoms with Crippen molar-refractivity contribution in [1.82, 2.24) is 4.98 Å². The van der Waals surface area contributed by atoms with Crippen LogP contribution < -0.4 is 0 Å². The first-order valence-corrected chi connectivity index (χ1v) is 4.90. The average Bonchev–Trinajstić information content (AvgIpc) is 2.22. The molecule has 0 aliphatic heterocycles. The maximum Gasteiger partial charge on any atom is 0.213 e. The van der Waals surface area contributed by atoms with Crippen LogP contribution in [0.5, 0.6) is 0 Å². The fourth-order valence-corrected chi connectivity index (χ4v) is 1.49. The number of rotatable bonds is 2. The largest absolute Gasteiger partial charge is 0.228 e. The van der Waals surface area contributed by atoms with Gasteiger partial charge in [0.1, 0.15) is 0 Å². The van der Waals surface area contributed by atoms with Crippen LogP contribution in [-0.2, 0) is 6.42 Å². The summed E-state index contributed by atoms with van der Waals surface area (Å²) < 4.78 is 12.8. The van der Waals surface area contributed by atoms with Crippen LogP contribution in [0.3, 0.4) is 0 Å². The molecule has 76 valence electrons. The topological polar surface area (TPSA) is 12.9 Å². The summed E-state index contributed by atoms with van der Waals surface area (Å²) in [5, 5.41) is 0. The zero-order valence-electron chi connectivity index (χ0n) is 8.57. The monoisotopic (exact) mass is 201 g/mol. The van der Waals surface area contributed by atoms with Gasteiger partial charge in [-0.15, -0.1) is 0 Å². The number of hydrogen-bond acceptors (Lipinski definition) is 1. The first-order chi connectivity index (χ1) is 7.24. The van der Waals surface area contributed by atoms with Crippen LogP contribution in [0.2, 0.25) is 0 Å². The Balaban J connectivity index is 2.18. The minimum Gasteiger partial charge on any atom is -0.228 e. The molecule has 0 saturated carbocycles. The van der Waals surface area contributed by atoms with E-state index in [-0.39, 0.29) is 0 Å². The summed E-state index contributed by atoms with van der Waals surface area (Å²) in [7, 11) is 0. The van der Waals surface area contributed by atoms with Crippen molar-refractivity contribution in [3.05, 3.63) is 65.2 Å². The third kappa shape index (κ3) is 2.62. The van der Waals surface area contributed by atoms with Gasteiger partial charge >= 0.3 is 0 Å². The zero-order valence-corrected chi connectivity index (χ0v) is 8.57. The van der Waals surface area contributed by atoms with Crippen molar-refractivity contribution in [1.29, 1.82) is 0 Å². The fourth-order valence-electron chi connectivity index (χ4n) is 1.49. The molecule has 15 heavy (non-hydrogen) atoms. The van der Waals surface area contributed by atoms with Gasteiger partial charge in [0.2, 0.25) is 5.95 Å². The molecule has 0 aliphatic carbocycles. The van der Waals surface area contributed by atoms with Crippen LogP contribution >= 0.6 is 0 Å². The molecule has 0 radical (unpaired) electrons. The quantitative estimate of drug-likeness (QED) is 0.680. The van der Waals surface area contributed by atoms with E-state index < -0.39 is 5.95 Å². The minimum absolute atomic E-state index is 0.417. The second-order valence-corrected chi connectivity index (χ2v) is 3.65. The van der Waals surface area contributed by atoms with E-state index in [0.717, 1.165) is 12.0 Å². The number of nitrogens with zero attached hydrogens (tertiary/aromatic N) is 1. The lowest BCUT2D eigenvalue weighted by atomic mass is 10.1. The first kappa shape index (κ1) is 9.84. The van der Waals surface area contributed by atoms with E-state index >= 15 is 0 Å². The van der Waals surface area contributed by atoms with Crippen LogP contribution in [0.1, 0.15) is 16.7 Å². The SMILES string of the molecule is Cc1ccc(Cc2ccnc(F)c2)cc1. The molecule has 1 heterocycles. The van der Waals surface area contributed by atoms with E-state index in [1.165, 1.54) is 23.4 Å². The highest BCUT2D eigenvalue weighted by Gasteiger charge is 1.98. The molecule has 1 aromatic carbocycles. The second kappa shape index (κ2) is 4.22. The molecule has 0 N–H and O–H groups in total. The summed E-state index contributed by atoms with van der Waals surface area (Å²) in [6.07, 6.45) is 2.25. The molecule has 2 aromatic rings. The number of halogens is 1. The molecule has 0 aliphatic rings. The van der Waals surface area contributed by atoms with E-state index in [1.54, 1.807) is 0 Å². The number of hydrogen-bond donors (Lipinski definition) is 0. The minimum atomic E-state index is -0.417. The third-order valence-corrected chi connectivity index (χ3v) is 2.32. The summed E-state index contributed by atoms with van der Waals surface area (Å²) in [4.78, 5) is 3.53. The van der Waals surface area contributed by atoms with Crippen LogP contribution in [0, 0.1) is 12.9 Å². The Labute approximate surface area is 88.6 Å². The molecule has 1 nitrogen and oxygen atoms in total. The molecule has 0 bridgehead atoms. The van der Waals surface area contributed by atoms with Crippen molar-refractivity contribution < 1.29 is 4.39 Å². The number of pyridine rings is 1. The predicted octanol–water partition coefficient (Wildman–Crippen LogP) is 3.12. The van der Waals surface area contributed by atoms with Crippen molar-refractivity contribution >= 4 is 0 Å². The van der Waals surface area contributed by atoms with Crippen LogP contribution in [0.25, 0.3) is 0 Å². The van der Waals surface area contributed by atoms with Crippen LogP contribution in [-0.4, -0.2) is 4.98 Å². The Morgan fingerprint density at radius 2 is 1.80 bits per heavy atom. The average molecular weight is 201 g/mol. The van der Waals surface area contributed by atoms with Crippen LogP contribution in [0.4, 0.5) is 4.39 Å². The molecule has 1 aromatic heterocycles. The summed E-state index contributed by atoms with van der Waals surface area (Å²) in [6, 6.07) is 11.6. The third-order valence-electron chi connectivity index (χ3n) is 2.32. The Kier molecular flexibility index (Phi) is 2.77. The van der Waals surface area contributed by atoms with E-state index in [2.05, 4.69) is 36.2 Å². The van der Waals surface area contributed by atoms with Gasteiger partial charge in [0.15, 0.2) is 0 Å². The van der Waals surface area contributed by atoms with Gasteiger partial charge in [0.05, 0.1) is 0 Å². The van der Waals surface area contributed by atoms with Gasteiger partial charge in [-0.1, -0.05) is 29.8 Å². The highest BCUT2D eigenvalue weighted by Crippen LogP contribution is 2.10. The van der Waals surface area contributed by atoms with Crippen molar-refractivity contribution in [2.24, 2.45) is 0 Å². The normalized spacial score (nSPS) is 10.3. The van der Waals surface area contributed by atoms with Gasteiger partial charge in [0.25, 0.3) is 0 Å². The molecule has 0 unspecified atom stereocenters. The molecule has 0 amide bonds. The Bertz CT molecular complexity index is 448. The molecule has 0 spiro atoms. The van der Waals surface area contributed by atoms with E-state index in [0.29, 0.717) is 0 Å². The van der Waals surface area contributed by atoms with E-state index in [9.17, 15) is 4.39 Å². The number of aromatic nitrogens is 1.